The van der Waals surface area contributed by atoms with Gasteiger partial charge in [-0.1, -0.05) is 48.0 Å². The number of sulfonamides is 1. The van der Waals surface area contributed by atoms with Gasteiger partial charge in [0.05, 0.1) is 5.75 Å². The molecule has 3 rings (SSSR count). The summed E-state index contributed by atoms with van der Waals surface area (Å²) in [4.78, 5) is 0. The normalized spacial score (nSPS) is 11.9. The zero-order valence-corrected chi connectivity index (χ0v) is 13.9. The first kappa shape index (κ1) is 15.8. The predicted octanol–water partition coefficient (Wildman–Crippen LogP) is 3.07. The number of para-hydroxylation sites is 1. The number of nitrogens with zero attached hydrogens (tertiary/aromatic N) is 1. The molecule has 1 aromatic heterocycles. The fourth-order valence-electron chi connectivity index (χ4n) is 2.73. The van der Waals surface area contributed by atoms with Crippen LogP contribution in [0.3, 0.4) is 0 Å². The summed E-state index contributed by atoms with van der Waals surface area (Å²) in [5, 5.41) is 1.16. The molecule has 0 atom stereocenters. The molecule has 0 spiro atoms. The van der Waals surface area contributed by atoms with E-state index in [4.69, 9.17) is 0 Å². The van der Waals surface area contributed by atoms with Crippen molar-refractivity contribution in [2.75, 3.05) is 6.54 Å². The molecule has 0 bridgehead atoms. The lowest BCUT2D eigenvalue weighted by atomic mass is 10.2. The lowest BCUT2D eigenvalue weighted by Crippen LogP contribution is -2.28. The first-order valence-corrected chi connectivity index (χ1v) is 9.25. The molecule has 0 saturated heterocycles. The minimum Gasteiger partial charge on any atom is -0.346 e. The van der Waals surface area contributed by atoms with Crippen LogP contribution >= 0.6 is 0 Å². The second-order valence-electron chi connectivity index (χ2n) is 5.71. The summed E-state index contributed by atoms with van der Waals surface area (Å²) in [6.07, 6.45) is 1.99. The van der Waals surface area contributed by atoms with Crippen molar-refractivity contribution in [2.24, 2.45) is 0 Å². The van der Waals surface area contributed by atoms with Gasteiger partial charge in [-0.3, -0.25) is 0 Å². The van der Waals surface area contributed by atoms with Crippen LogP contribution < -0.4 is 4.72 Å². The number of benzene rings is 2. The zero-order valence-electron chi connectivity index (χ0n) is 13.1. The standard InChI is InChI=1S/C18H20N2O2S/c1-15-5-4-6-16(13-15)14-23(21,22)19-10-12-20-11-9-17-7-2-3-8-18(17)20/h2-9,11,13,19H,10,12,14H2,1H3. The summed E-state index contributed by atoms with van der Waals surface area (Å²) < 4.78 is 29.1. The van der Waals surface area contributed by atoms with Crippen LogP contribution in [0, 0.1) is 6.92 Å². The average Bonchev–Trinajstić information content (AvgIpc) is 2.90. The van der Waals surface area contributed by atoms with E-state index < -0.39 is 10.0 Å². The van der Waals surface area contributed by atoms with Gasteiger partial charge in [-0.15, -0.1) is 0 Å². The molecule has 3 aromatic rings. The van der Waals surface area contributed by atoms with Gasteiger partial charge in [0.2, 0.25) is 10.0 Å². The molecule has 0 fully saturated rings. The van der Waals surface area contributed by atoms with E-state index in [1.54, 1.807) is 0 Å². The van der Waals surface area contributed by atoms with Crippen LogP contribution in [0.4, 0.5) is 0 Å². The van der Waals surface area contributed by atoms with Crippen LogP contribution in [0.15, 0.2) is 60.8 Å². The summed E-state index contributed by atoms with van der Waals surface area (Å²) in [6, 6.07) is 17.7. The number of hydrogen-bond donors (Lipinski definition) is 1. The van der Waals surface area contributed by atoms with Crippen molar-refractivity contribution in [3.8, 4) is 0 Å². The SMILES string of the molecule is Cc1cccc(CS(=O)(=O)NCCn2ccc3ccccc32)c1. The molecular formula is C18H20N2O2S. The van der Waals surface area contributed by atoms with E-state index in [2.05, 4.69) is 9.29 Å². The largest absolute Gasteiger partial charge is 0.346 e. The molecule has 120 valence electrons. The van der Waals surface area contributed by atoms with Crippen LogP contribution in [-0.4, -0.2) is 19.5 Å². The van der Waals surface area contributed by atoms with Gasteiger partial charge in [0.1, 0.15) is 0 Å². The van der Waals surface area contributed by atoms with Crippen molar-refractivity contribution in [1.29, 1.82) is 0 Å². The molecule has 0 aliphatic carbocycles. The fourth-order valence-corrected chi connectivity index (χ4v) is 3.85. The topological polar surface area (TPSA) is 51.1 Å². The summed E-state index contributed by atoms with van der Waals surface area (Å²) in [5.41, 5.74) is 2.99. The van der Waals surface area contributed by atoms with Crippen molar-refractivity contribution < 1.29 is 8.42 Å². The average molecular weight is 328 g/mol. The number of fused-ring (bicyclic) bond motifs is 1. The third-order valence-electron chi connectivity index (χ3n) is 3.79. The monoisotopic (exact) mass is 328 g/mol. The molecule has 0 aliphatic heterocycles. The van der Waals surface area contributed by atoms with E-state index in [-0.39, 0.29) is 5.75 Å². The van der Waals surface area contributed by atoms with Crippen LogP contribution in [-0.2, 0) is 22.3 Å². The van der Waals surface area contributed by atoms with Crippen molar-refractivity contribution in [2.45, 2.75) is 19.2 Å². The van der Waals surface area contributed by atoms with E-state index in [1.807, 2.05) is 67.7 Å². The highest BCUT2D eigenvalue weighted by atomic mass is 32.2. The molecule has 0 amide bonds. The molecule has 23 heavy (non-hydrogen) atoms. The highest BCUT2D eigenvalue weighted by Gasteiger charge is 2.11. The molecule has 2 aromatic carbocycles. The van der Waals surface area contributed by atoms with Crippen LogP contribution in [0.25, 0.3) is 10.9 Å². The minimum absolute atomic E-state index is 0.0150. The van der Waals surface area contributed by atoms with E-state index in [0.29, 0.717) is 13.1 Å². The van der Waals surface area contributed by atoms with Crippen LogP contribution in [0.5, 0.6) is 0 Å². The quantitative estimate of drug-likeness (QED) is 0.756. The Morgan fingerprint density at radius 1 is 1.04 bits per heavy atom. The Morgan fingerprint density at radius 2 is 1.87 bits per heavy atom. The number of nitrogens with one attached hydrogen (secondary N) is 1. The Hall–Kier alpha value is -2.11. The third kappa shape index (κ3) is 4.00. The second kappa shape index (κ2) is 6.56. The van der Waals surface area contributed by atoms with Gasteiger partial charge in [-0.05, 0) is 30.0 Å². The molecular weight excluding hydrogens is 308 g/mol. The Kier molecular flexibility index (Phi) is 4.50. The summed E-state index contributed by atoms with van der Waals surface area (Å²) in [6.45, 7) is 2.95. The molecule has 0 aliphatic rings. The maximum absolute atomic E-state index is 12.2. The van der Waals surface area contributed by atoms with Crippen molar-refractivity contribution in [1.82, 2.24) is 9.29 Å². The maximum atomic E-state index is 12.2. The number of hydrogen-bond acceptors (Lipinski definition) is 2. The van der Waals surface area contributed by atoms with E-state index in [1.165, 1.54) is 0 Å². The predicted molar refractivity (Wildman–Crippen MR) is 93.7 cm³/mol. The summed E-state index contributed by atoms with van der Waals surface area (Å²) >= 11 is 0. The lowest BCUT2D eigenvalue weighted by Gasteiger charge is -2.09. The highest BCUT2D eigenvalue weighted by Crippen LogP contribution is 2.14. The minimum atomic E-state index is -3.32. The molecule has 1 N–H and O–H groups in total. The van der Waals surface area contributed by atoms with Crippen LogP contribution in [0.2, 0.25) is 0 Å². The fraction of sp³-hybridized carbons (Fsp3) is 0.222. The number of aromatic nitrogens is 1. The van der Waals surface area contributed by atoms with E-state index >= 15 is 0 Å². The van der Waals surface area contributed by atoms with Gasteiger partial charge in [0.25, 0.3) is 0 Å². The Balaban J connectivity index is 1.61. The molecule has 0 unspecified atom stereocenters. The maximum Gasteiger partial charge on any atom is 0.215 e. The van der Waals surface area contributed by atoms with Crippen LogP contribution in [0.1, 0.15) is 11.1 Å². The van der Waals surface area contributed by atoms with Gasteiger partial charge in [-0.2, -0.15) is 0 Å². The van der Waals surface area contributed by atoms with Crippen molar-refractivity contribution in [3.05, 3.63) is 71.9 Å². The van der Waals surface area contributed by atoms with Gasteiger partial charge >= 0.3 is 0 Å². The Labute approximate surface area is 136 Å². The smallest absolute Gasteiger partial charge is 0.215 e. The highest BCUT2D eigenvalue weighted by molar-refractivity contribution is 7.88. The first-order chi connectivity index (χ1) is 11.0. The number of rotatable bonds is 6. The van der Waals surface area contributed by atoms with Crippen molar-refractivity contribution >= 4 is 20.9 Å². The van der Waals surface area contributed by atoms with E-state index in [0.717, 1.165) is 22.0 Å². The Bertz CT molecular complexity index is 913. The molecule has 0 saturated carbocycles. The van der Waals surface area contributed by atoms with Gasteiger partial charge < -0.3 is 4.57 Å². The number of aryl methyl sites for hydroxylation is 1. The summed E-state index contributed by atoms with van der Waals surface area (Å²) in [5.74, 6) is 0.0150. The lowest BCUT2D eigenvalue weighted by molar-refractivity contribution is 0.574. The Morgan fingerprint density at radius 3 is 2.70 bits per heavy atom. The van der Waals surface area contributed by atoms with E-state index in [9.17, 15) is 8.42 Å². The molecule has 5 heteroatoms. The third-order valence-corrected chi connectivity index (χ3v) is 5.15. The van der Waals surface area contributed by atoms with Crippen molar-refractivity contribution in [3.63, 3.8) is 0 Å². The van der Waals surface area contributed by atoms with Gasteiger partial charge in [0, 0.05) is 24.8 Å². The van der Waals surface area contributed by atoms with Gasteiger partial charge in [-0.25, -0.2) is 13.1 Å². The molecule has 1 heterocycles. The zero-order chi connectivity index (χ0) is 16.3. The molecule has 4 nitrogen and oxygen atoms in total. The van der Waals surface area contributed by atoms with Gasteiger partial charge in [0.15, 0.2) is 0 Å². The molecule has 0 radical (unpaired) electrons. The summed E-state index contributed by atoms with van der Waals surface area (Å²) in [7, 11) is -3.32. The second-order valence-corrected chi connectivity index (χ2v) is 7.52. The first-order valence-electron chi connectivity index (χ1n) is 7.60.